The third-order valence-corrected chi connectivity index (χ3v) is 7.06. The van der Waals surface area contributed by atoms with Crippen LogP contribution in [0.25, 0.3) is 0 Å². The summed E-state index contributed by atoms with van der Waals surface area (Å²) in [5, 5.41) is 0.412. The Balaban J connectivity index is 1.88. The number of aromatic nitrogens is 1. The molecule has 0 saturated carbocycles. The van der Waals surface area contributed by atoms with E-state index in [4.69, 9.17) is 21.1 Å². The van der Waals surface area contributed by atoms with Crippen LogP contribution in [0.4, 0.5) is 0 Å². The van der Waals surface area contributed by atoms with Gasteiger partial charge in [-0.05, 0) is 26.0 Å². The minimum atomic E-state index is -1.16. The lowest BCUT2D eigenvalue weighted by molar-refractivity contribution is -0.196. The fourth-order valence-electron chi connectivity index (χ4n) is 3.39. The predicted octanol–water partition coefficient (Wildman–Crippen LogP) is 3.39. The SMILES string of the molecule is CC1(C)C(=O)N(COCC[Si](C)(C)C)C2(COC2)c2ccc(Cl)nc21. The van der Waals surface area contributed by atoms with Gasteiger partial charge in [0.2, 0.25) is 5.91 Å². The molecule has 0 atom stereocenters. The zero-order valence-electron chi connectivity index (χ0n) is 15.7. The number of hydrogen-bond donors (Lipinski definition) is 0. The van der Waals surface area contributed by atoms with E-state index in [-0.39, 0.29) is 12.6 Å². The molecule has 0 bridgehead atoms. The summed E-state index contributed by atoms with van der Waals surface area (Å²) in [5.74, 6) is 0.0195. The van der Waals surface area contributed by atoms with Crippen molar-refractivity contribution < 1.29 is 14.3 Å². The van der Waals surface area contributed by atoms with Crippen LogP contribution in [0.5, 0.6) is 0 Å². The Morgan fingerprint density at radius 1 is 1.32 bits per heavy atom. The molecule has 1 aromatic rings. The Hall–Kier alpha value is -0.953. The minimum Gasteiger partial charge on any atom is -0.376 e. The molecule has 138 valence electrons. The molecule has 5 nitrogen and oxygen atoms in total. The number of hydrogen-bond acceptors (Lipinski definition) is 4. The first-order chi connectivity index (χ1) is 11.6. The van der Waals surface area contributed by atoms with Crippen molar-refractivity contribution in [2.75, 3.05) is 26.6 Å². The van der Waals surface area contributed by atoms with Gasteiger partial charge in [-0.2, -0.15) is 0 Å². The van der Waals surface area contributed by atoms with E-state index in [1.54, 1.807) is 6.07 Å². The lowest BCUT2D eigenvalue weighted by Crippen LogP contribution is -2.68. The highest BCUT2D eigenvalue weighted by molar-refractivity contribution is 6.76. The molecule has 1 amide bonds. The first-order valence-corrected chi connectivity index (χ1v) is 12.8. The third-order valence-electron chi connectivity index (χ3n) is 5.15. The Bertz CT molecular complexity index is 683. The van der Waals surface area contributed by atoms with Gasteiger partial charge >= 0.3 is 0 Å². The average molecular weight is 383 g/mol. The van der Waals surface area contributed by atoms with Crippen LogP contribution in [0.1, 0.15) is 25.1 Å². The van der Waals surface area contributed by atoms with Gasteiger partial charge in [-0.15, -0.1) is 0 Å². The fourth-order valence-corrected chi connectivity index (χ4v) is 4.29. The normalized spacial score (nSPS) is 21.2. The summed E-state index contributed by atoms with van der Waals surface area (Å²) < 4.78 is 11.4. The molecule has 0 N–H and O–H groups in total. The fraction of sp³-hybridized carbons (Fsp3) is 0.667. The van der Waals surface area contributed by atoms with Gasteiger partial charge in [0.15, 0.2) is 0 Å². The maximum absolute atomic E-state index is 13.2. The van der Waals surface area contributed by atoms with E-state index in [0.717, 1.165) is 17.3 Å². The molecule has 1 spiro atoms. The standard InChI is InChI=1S/C18H27ClN2O3Si/c1-17(2)15-13(6-7-14(19)20-15)18(10-24-11-18)21(16(17)22)12-23-8-9-25(3,4)5/h6-7H,8-12H2,1-5H3. The zero-order chi connectivity index (χ0) is 18.5. The van der Waals surface area contributed by atoms with Crippen molar-refractivity contribution in [2.24, 2.45) is 0 Å². The third kappa shape index (κ3) is 3.25. The average Bonchev–Trinajstić information content (AvgIpc) is 2.46. The first-order valence-electron chi connectivity index (χ1n) is 8.73. The van der Waals surface area contributed by atoms with Crippen molar-refractivity contribution in [3.05, 3.63) is 28.5 Å². The van der Waals surface area contributed by atoms with Crippen molar-refractivity contribution in [1.82, 2.24) is 9.88 Å². The maximum Gasteiger partial charge on any atom is 0.236 e. The summed E-state index contributed by atoms with van der Waals surface area (Å²) >= 11 is 6.10. The van der Waals surface area contributed by atoms with Gasteiger partial charge in [-0.3, -0.25) is 4.79 Å². The second-order valence-corrected chi connectivity index (χ2v) is 14.8. The molecule has 1 fully saturated rings. The number of nitrogens with zero attached hydrogens (tertiary/aromatic N) is 2. The van der Waals surface area contributed by atoms with Gasteiger partial charge in [-0.25, -0.2) is 4.98 Å². The number of ether oxygens (including phenoxy) is 2. The van der Waals surface area contributed by atoms with Crippen LogP contribution in [-0.4, -0.2) is 50.4 Å². The predicted molar refractivity (Wildman–Crippen MR) is 101 cm³/mol. The number of halogens is 1. The van der Waals surface area contributed by atoms with Crippen molar-refractivity contribution in [3.63, 3.8) is 0 Å². The lowest BCUT2D eigenvalue weighted by Gasteiger charge is -2.55. The van der Waals surface area contributed by atoms with Gasteiger partial charge in [0.05, 0.1) is 24.3 Å². The highest BCUT2D eigenvalue weighted by Crippen LogP contribution is 2.47. The first kappa shape index (κ1) is 18.8. The van der Waals surface area contributed by atoms with E-state index < -0.39 is 19.0 Å². The number of carbonyl (C=O) groups excluding carboxylic acids is 1. The van der Waals surface area contributed by atoms with Crippen LogP contribution < -0.4 is 0 Å². The molecule has 25 heavy (non-hydrogen) atoms. The molecule has 3 heterocycles. The van der Waals surface area contributed by atoms with Crippen molar-refractivity contribution in [2.45, 2.75) is 50.5 Å². The lowest BCUT2D eigenvalue weighted by atomic mass is 9.71. The van der Waals surface area contributed by atoms with Crippen LogP contribution >= 0.6 is 11.6 Å². The van der Waals surface area contributed by atoms with E-state index in [0.29, 0.717) is 25.0 Å². The summed E-state index contributed by atoms with van der Waals surface area (Å²) in [6.07, 6.45) is 0. The van der Waals surface area contributed by atoms with Crippen molar-refractivity contribution in [1.29, 1.82) is 0 Å². The van der Waals surface area contributed by atoms with Gasteiger partial charge in [0, 0.05) is 20.2 Å². The molecule has 2 aliphatic heterocycles. The molecule has 7 heteroatoms. The summed E-state index contributed by atoms with van der Waals surface area (Å²) in [6, 6.07) is 4.85. The highest BCUT2D eigenvalue weighted by Gasteiger charge is 2.57. The zero-order valence-corrected chi connectivity index (χ0v) is 17.4. The molecule has 0 radical (unpaired) electrons. The maximum atomic E-state index is 13.2. The highest BCUT2D eigenvalue weighted by atomic mass is 35.5. The van der Waals surface area contributed by atoms with Gasteiger partial charge in [0.1, 0.15) is 17.4 Å². The summed E-state index contributed by atoms with van der Waals surface area (Å²) in [5.41, 5.74) is 0.579. The van der Waals surface area contributed by atoms with E-state index in [1.807, 2.05) is 24.8 Å². The van der Waals surface area contributed by atoms with E-state index >= 15 is 0 Å². The van der Waals surface area contributed by atoms with Crippen LogP contribution in [0.2, 0.25) is 30.8 Å². The summed E-state index contributed by atoms with van der Waals surface area (Å²) in [6.45, 7) is 12.7. The van der Waals surface area contributed by atoms with Gasteiger partial charge < -0.3 is 14.4 Å². The topological polar surface area (TPSA) is 51.7 Å². The Kier molecular flexibility index (Phi) is 4.77. The molecule has 1 aromatic heterocycles. The Labute approximate surface area is 155 Å². The second-order valence-electron chi connectivity index (χ2n) is 8.76. The molecular formula is C18H27ClN2O3Si. The quantitative estimate of drug-likeness (QED) is 0.445. The molecule has 0 aromatic carbocycles. The van der Waals surface area contributed by atoms with Crippen LogP contribution in [-0.2, 0) is 25.2 Å². The molecule has 0 aliphatic carbocycles. The summed E-state index contributed by atoms with van der Waals surface area (Å²) in [7, 11) is -1.16. The molecule has 1 saturated heterocycles. The molecular weight excluding hydrogens is 356 g/mol. The Morgan fingerprint density at radius 3 is 2.56 bits per heavy atom. The number of pyridine rings is 1. The second kappa shape index (κ2) is 6.34. The number of amides is 1. The van der Waals surface area contributed by atoms with Crippen molar-refractivity contribution >= 4 is 25.6 Å². The minimum absolute atomic E-state index is 0.0195. The van der Waals surface area contributed by atoms with Crippen LogP contribution in [0.3, 0.4) is 0 Å². The van der Waals surface area contributed by atoms with Crippen LogP contribution in [0, 0.1) is 0 Å². The van der Waals surface area contributed by atoms with Crippen LogP contribution in [0.15, 0.2) is 12.1 Å². The molecule has 2 aliphatic rings. The number of carbonyl (C=O) groups is 1. The number of rotatable bonds is 5. The molecule has 3 rings (SSSR count). The van der Waals surface area contributed by atoms with Crippen molar-refractivity contribution in [3.8, 4) is 0 Å². The van der Waals surface area contributed by atoms with Gasteiger partial charge in [0.25, 0.3) is 0 Å². The van der Waals surface area contributed by atoms with E-state index in [1.165, 1.54) is 0 Å². The smallest absolute Gasteiger partial charge is 0.236 e. The van der Waals surface area contributed by atoms with Gasteiger partial charge in [-0.1, -0.05) is 37.3 Å². The largest absolute Gasteiger partial charge is 0.376 e. The summed E-state index contributed by atoms with van der Waals surface area (Å²) in [4.78, 5) is 19.6. The van der Waals surface area contributed by atoms with E-state index in [2.05, 4.69) is 24.6 Å². The van der Waals surface area contributed by atoms with E-state index in [9.17, 15) is 4.79 Å². The monoisotopic (exact) mass is 382 g/mol. The number of fused-ring (bicyclic) bond motifs is 2. The molecule has 0 unspecified atom stereocenters. The Morgan fingerprint density at radius 2 is 2.00 bits per heavy atom.